The monoisotopic (exact) mass is 335 g/mol. The Morgan fingerprint density at radius 2 is 1.83 bits per heavy atom. The van der Waals surface area contributed by atoms with Gasteiger partial charge in [0.15, 0.2) is 6.10 Å². The van der Waals surface area contributed by atoms with Gasteiger partial charge in [-0.2, -0.15) is 0 Å². The highest BCUT2D eigenvalue weighted by molar-refractivity contribution is 6.31. The SMILES string of the molecule is Cc1ccc(Cl)cc1NC(=O)C(C)OC(=O)c1ccc(F)cc1. The summed E-state index contributed by atoms with van der Waals surface area (Å²) >= 11 is 5.89. The third-order valence-electron chi connectivity index (χ3n) is 3.19. The predicted octanol–water partition coefficient (Wildman–Crippen LogP) is 3.97. The summed E-state index contributed by atoms with van der Waals surface area (Å²) in [5.41, 5.74) is 1.55. The van der Waals surface area contributed by atoms with Crippen molar-refractivity contribution in [1.82, 2.24) is 0 Å². The lowest BCUT2D eigenvalue weighted by Gasteiger charge is -2.15. The van der Waals surface area contributed by atoms with Gasteiger partial charge in [0.25, 0.3) is 5.91 Å². The average molecular weight is 336 g/mol. The highest BCUT2D eigenvalue weighted by Gasteiger charge is 2.19. The van der Waals surface area contributed by atoms with E-state index >= 15 is 0 Å². The van der Waals surface area contributed by atoms with E-state index in [-0.39, 0.29) is 5.56 Å². The fourth-order valence-electron chi connectivity index (χ4n) is 1.83. The number of carbonyl (C=O) groups excluding carboxylic acids is 2. The standard InChI is InChI=1S/C17H15ClFNO3/c1-10-3-6-13(18)9-15(10)20-16(21)11(2)23-17(22)12-4-7-14(19)8-5-12/h3-9,11H,1-2H3,(H,20,21). The number of amides is 1. The van der Waals surface area contributed by atoms with E-state index in [2.05, 4.69) is 5.32 Å². The molecule has 2 aromatic rings. The van der Waals surface area contributed by atoms with Crippen LogP contribution in [0.3, 0.4) is 0 Å². The Balaban J connectivity index is 2.01. The van der Waals surface area contributed by atoms with Gasteiger partial charge in [-0.3, -0.25) is 4.79 Å². The lowest BCUT2D eigenvalue weighted by atomic mass is 10.2. The number of esters is 1. The molecule has 0 radical (unpaired) electrons. The van der Waals surface area contributed by atoms with Gasteiger partial charge in [0, 0.05) is 10.7 Å². The maximum absolute atomic E-state index is 12.8. The van der Waals surface area contributed by atoms with Crippen LogP contribution in [0.2, 0.25) is 5.02 Å². The molecule has 0 fully saturated rings. The normalized spacial score (nSPS) is 11.7. The van der Waals surface area contributed by atoms with Crippen molar-refractivity contribution in [3.63, 3.8) is 0 Å². The van der Waals surface area contributed by atoms with Gasteiger partial charge < -0.3 is 10.1 Å². The Hall–Kier alpha value is -2.40. The number of nitrogens with one attached hydrogen (secondary N) is 1. The van der Waals surface area contributed by atoms with E-state index < -0.39 is 23.8 Å². The molecular weight excluding hydrogens is 321 g/mol. The second kappa shape index (κ2) is 7.24. The number of halogens is 2. The lowest BCUT2D eigenvalue weighted by molar-refractivity contribution is -0.123. The summed E-state index contributed by atoms with van der Waals surface area (Å²) in [6, 6.07) is 9.99. The molecule has 4 nitrogen and oxygen atoms in total. The van der Waals surface area contributed by atoms with Gasteiger partial charge in [-0.05, 0) is 55.8 Å². The highest BCUT2D eigenvalue weighted by atomic mass is 35.5. The Kier molecular flexibility index (Phi) is 5.34. The predicted molar refractivity (Wildman–Crippen MR) is 86.1 cm³/mol. The molecule has 1 amide bonds. The molecule has 0 aliphatic rings. The first-order valence-electron chi connectivity index (χ1n) is 6.90. The zero-order valence-corrected chi connectivity index (χ0v) is 13.4. The largest absolute Gasteiger partial charge is 0.449 e. The maximum Gasteiger partial charge on any atom is 0.338 e. The Morgan fingerprint density at radius 3 is 2.48 bits per heavy atom. The lowest BCUT2D eigenvalue weighted by Crippen LogP contribution is -2.30. The van der Waals surface area contributed by atoms with Gasteiger partial charge in [0.2, 0.25) is 0 Å². The molecule has 0 aliphatic heterocycles. The van der Waals surface area contributed by atoms with E-state index in [1.54, 1.807) is 18.2 Å². The molecule has 2 rings (SSSR count). The van der Waals surface area contributed by atoms with E-state index in [1.165, 1.54) is 19.1 Å². The average Bonchev–Trinajstić information content (AvgIpc) is 2.51. The molecule has 0 spiro atoms. The van der Waals surface area contributed by atoms with E-state index in [0.717, 1.165) is 17.7 Å². The Bertz CT molecular complexity index is 731. The number of ether oxygens (including phenoxy) is 1. The summed E-state index contributed by atoms with van der Waals surface area (Å²) in [6.07, 6.45) is -1.01. The van der Waals surface area contributed by atoms with Crippen LogP contribution in [0.4, 0.5) is 10.1 Å². The van der Waals surface area contributed by atoms with Crippen molar-refractivity contribution >= 4 is 29.2 Å². The first-order valence-corrected chi connectivity index (χ1v) is 7.28. The van der Waals surface area contributed by atoms with Crippen molar-refractivity contribution in [3.8, 4) is 0 Å². The summed E-state index contributed by atoms with van der Waals surface area (Å²) < 4.78 is 17.9. The van der Waals surface area contributed by atoms with Gasteiger partial charge in [-0.1, -0.05) is 17.7 Å². The number of hydrogen-bond donors (Lipinski definition) is 1. The molecule has 1 unspecified atom stereocenters. The Labute approximate surface area is 138 Å². The van der Waals surface area contributed by atoms with E-state index in [4.69, 9.17) is 16.3 Å². The topological polar surface area (TPSA) is 55.4 Å². The van der Waals surface area contributed by atoms with E-state index in [0.29, 0.717) is 10.7 Å². The van der Waals surface area contributed by atoms with Gasteiger partial charge in [0.05, 0.1) is 5.56 Å². The first-order chi connectivity index (χ1) is 10.9. The molecule has 120 valence electrons. The van der Waals surface area contributed by atoms with Crippen LogP contribution in [0.5, 0.6) is 0 Å². The van der Waals surface area contributed by atoms with Crippen molar-refractivity contribution in [2.24, 2.45) is 0 Å². The van der Waals surface area contributed by atoms with Crippen molar-refractivity contribution in [2.45, 2.75) is 20.0 Å². The minimum Gasteiger partial charge on any atom is -0.449 e. The van der Waals surface area contributed by atoms with Gasteiger partial charge >= 0.3 is 5.97 Å². The molecule has 0 bridgehead atoms. The van der Waals surface area contributed by atoms with Crippen molar-refractivity contribution in [2.75, 3.05) is 5.32 Å². The minimum atomic E-state index is -1.01. The highest BCUT2D eigenvalue weighted by Crippen LogP contribution is 2.20. The van der Waals surface area contributed by atoms with Crippen molar-refractivity contribution < 1.29 is 18.7 Å². The molecule has 0 aliphatic carbocycles. The third kappa shape index (κ3) is 4.53. The third-order valence-corrected chi connectivity index (χ3v) is 3.43. The number of aryl methyl sites for hydroxylation is 1. The number of anilines is 1. The zero-order chi connectivity index (χ0) is 17.0. The fourth-order valence-corrected chi connectivity index (χ4v) is 2.00. The summed E-state index contributed by atoms with van der Waals surface area (Å²) in [5.74, 6) is -1.63. The van der Waals surface area contributed by atoms with Gasteiger partial charge in [-0.25, -0.2) is 9.18 Å². The number of rotatable bonds is 4. The fraction of sp³-hybridized carbons (Fsp3) is 0.176. The van der Waals surface area contributed by atoms with Crippen LogP contribution in [-0.2, 0) is 9.53 Å². The number of carbonyl (C=O) groups is 2. The van der Waals surface area contributed by atoms with Gasteiger partial charge in [0.1, 0.15) is 5.82 Å². The second-order valence-corrected chi connectivity index (χ2v) is 5.44. The first kappa shape index (κ1) is 17.0. The summed E-state index contributed by atoms with van der Waals surface area (Å²) in [6.45, 7) is 3.28. The van der Waals surface area contributed by atoms with E-state index in [9.17, 15) is 14.0 Å². The van der Waals surface area contributed by atoms with Crippen LogP contribution in [0.15, 0.2) is 42.5 Å². The molecular formula is C17H15ClFNO3. The maximum atomic E-state index is 12.8. The molecule has 1 atom stereocenters. The summed E-state index contributed by atoms with van der Waals surface area (Å²) in [5, 5.41) is 3.14. The molecule has 1 N–H and O–H groups in total. The van der Waals surface area contributed by atoms with Crippen LogP contribution in [0, 0.1) is 12.7 Å². The van der Waals surface area contributed by atoms with Crippen LogP contribution < -0.4 is 5.32 Å². The van der Waals surface area contributed by atoms with Crippen LogP contribution >= 0.6 is 11.6 Å². The second-order valence-electron chi connectivity index (χ2n) is 5.00. The minimum absolute atomic E-state index is 0.171. The summed E-state index contributed by atoms with van der Waals surface area (Å²) in [7, 11) is 0. The Morgan fingerprint density at radius 1 is 1.17 bits per heavy atom. The van der Waals surface area contributed by atoms with Gasteiger partial charge in [-0.15, -0.1) is 0 Å². The van der Waals surface area contributed by atoms with E-state index in [1.807, 2.05) is 6.92 Å². The molecule has 0 saturated carbocycles. The number of hydrogen-bond acceptors (Lipinski definition) is 3. The molecule has 2 aromatic carbocycles. The van der Waals surface area contributed by atoms with Crippen LogP contribution in [-0.4, -0.2) is 18.0 Å². The zero-order valence-electron chi connectivity index (χ0n) is 12.6. The smallest absolute Gasteiger partial charge is 0.338 e. The van der Waals surface area contributed by atoms with Crippen LogP contribution in [0.1, 0.15) is 22.8 Å². The molecule has 0 aromatic heterocycles. The molecule has 0 heterocycles. The van der Waals surface area contributed by atoms with Crippen LogP contribution in [0.25, 0.3) is 0 Å². The number of benzene rings is 2. The molecule has 6 heteroatoms. The molecule has 23 heavy (non-hydrogen) atoms. The van der Waals surface area contributed by atoms with Crippen molar-refractivity contribution in [1.29, 1.82) is 0 Å². The molecule has 0 saturated heterocycles. The quantitative estimate of drug-likeness (QED) is 0.860. The summed E-state index contributed by atoms with van der Waals surface area (Å²) in [4.78, 5) is 24.0. The van der Waals surface area contributed by atoms with Crippen molar-refractivity contribution in [3.05, 3.63) is 64.4 Å².